The number of hydrazone groups is 1. The molecule has 1 saturated carbocycles. The van der Waals surface area contributed by atoms with Crippen LogP contribution in [0.1, 0.15) is 42.9 Å². The molecule has 1 aliphatic carbocycles. The highest BCUT2D eigenvalue weighted by molar-refractivity contribution is 6.45. The summed E-state index contributed by atoms with van der Waals surface area (Å²) in [5.74, 6) is -1.04. The van der Waals surface area contributed by atoms with Gasteiger partial charge in [-0.05, 0) is 18.4 Å². The lowest BCUT2D eigenvalue weighted by Gasteiger charge is -2.44. The van der Waals surface area contributed by atoms with Gasteiger partial charge in [-0.15, -0.1) is 0 Å². The van der Waals surface area contributed by atoms with Crippen LogP contribution in [0.3, 0.4) is 0 Å². The Bertz CT molecular complexity index is 1100. The molecular formula is C28H36N6O3. The van der Waals surface area contributed by atoms with E-state index in [4.69, 9.17) is 5.73 Å². The predicted molar refractivity (Wildman–Crippen MR) is 142 cm³/mol. The molecule has 1 unspecified atom stereocenters. The number of nitrogens with two attached hydrogens (primary N) is 1. The monoisotopic (exact) mass is 504 g/mol. The molecule has 2 aromatic carbocycles. The Hall–Kier alpha value is -3.72. The summed E-state index contributed by atoms with van der Waals surface area (Å²) in [6, 6.07) is 17.8. The van der Waals surface area contributed by atoms with Gasteiger partial charge in [0.1, 0.15) is 6.04 Å². The van der Waals surface area contributed by atoms with Crippen LogP contribution in [0.4, 0.5) is 0 Å². The van der Waals surface area contributed by atoms with Crippen LogP contribution >= 0.6 is 0 Å². The molecule has 2 fully saturated rings. The van der Waals surface area contributed by atoms with Crippen molar-refractivity contribution >= 4 is 23.4 Å². The number of piperazine rings is 1. The summed E-state index contributed by atoms with van der Waals surface area (Å²) in [5, 5.41) is 7.17. The average molecular weight is 505 g/mol. The van der Waals surface area contributed by atoms with E-state index in [2.05, 4.69) is 20.7 Å². The quantitative estimate of drug-likeness (QED) is 0.373. The molecule has 37 heavy (non-hydrogen) atoms. The summed E-state index contributed by atoms with van der Waals surface area (Å²) in [7, 11) is 1.68. The van der Waals surface area contributed by atoms with Gasteiger partial charge in [0.2, 0.25) is 11.8 Å². The third-order valence-electron chi connectivity index (χ3n) is 7.31. The van der Waals surface area contributed by atoms with Crippen molar-refractivity contribution in [1.82, 2.24) is 20.5 Å². The van der Waals surface area contributed by atoms with Crippen LogP contribution in [0.25, 0.3) is 0 Å². The molecule has 0 aromatic heterocycles. The molecule has 0 radical (unpaired) electrons. The summed E-state index contributed by atoms with van der Waals surface area (Å²) >= 11 is 0. The summed E-state index contributed by atoms with van der Waals surface area (Å²) < 4.78 is 0. The van der Waals surface area contributed by atoms with Gasteiger partial charge in [-0.1, -0.05) is 73.5 Å². The molecule has 1 heterocycles. The number of carbonyl (C=O) groups excluding carboxylic acids is 3. The highest BCUT2D eigenvalue weighted by atomic mass is 16.2. The summed E-state index contributed by atoms with van der Waals surface area (Å²) in [4.78, 5) is 43.0. The topological polar surface area (TPSA) is 120 Å². The first-order valence-corrected chi connectivity index (χ1v) is 13.0. The average Bonchev–Trinajstić information content (AvgIpc) is 2.95. The fraction of sp³-hybridized carbons (Fsp3) is 0.429. The largest absolute Gasteiger partial charge is 0.368 e. The number of hydrogen-bond donors (Lipinski definition) is 3. The molecule has 9 nitrogen and oxygen atoms in total. The van der Waals surface area contributed by atoms with Crippen LogP contribution in [-0.4, -0.2) is 72.5 Å². The van der Waals surface area contributed by atoms with E-state index in [0.29, 0.717) is 37.5 Å². The van der Waals surface area contributed by atoms with Crippen molar-refractivity contribution < 1.29 is 14.4 Å². The number of hydrogen-bond acceptors (Lipinski definition) is 6. The Morgan fingerprint density at radius 3 is 2.16 bits per heavy atom. The Morgan fingerprint density at radius 1 is 0.919 bits per heavy atom. The van der Waals surface area contributed by atoms with Gasteiger partial charge < -0.3 is 21.4 Å². The van der Waals surface area contributed by atoms with Crippen molar-refractivity contribution in [2.45, 2.75) is 37.8 Å². The first-order chi connectivity index (χ1) is 18.0. The maximum absolute atomic E-state index is 13.4. The Labute approximate surface area is 218 Å². The van der Waals surface area contributed by atoms with E-state index in [1.54, 1.807) is 19.2 Å². The van der Waals surface area contributed by atoms with Crippen LogP contribution < -0.4 is 16.5 Å². The third kappa shape index (κ3) is 6.35. The number of nitrogens with zero attached hydrogens (tertiary/aromatic N) is 3. The molecule has 196 valence electrons. The normalized spacial score (nSPS) is 21.6. The molecule has 1 saturated heterocycles. The smallest absolute Gasteiger partial charge is 0.274 e. The van der Waals surface area contributed by atoms with Gasteiger partial charge >= 0.3 is 0 Å². The minimum absolute atomic E-state index is 0.0647. The maximum Gasteiger partial charge on any atom is 0.274 e. The van der Waals surface area contributed by atoms with Gasteiger partial charge in [-0.25, -0.2) is 0 Å². The fourth-order valence-corrected chi connectivity index (χ4v) is 5.42. The minimum Gasteiger partial charge on any atom is -0.368 e. The van der Waals surface area contributed by atoms with Crippen LogP contribution in [-0.2, 0) is 14.4 Å². The number of nitrogens with one attached hydrogen (secondary N) is 2. The fourth-order valence-electron chi connectivity index (χ4n) is 5.42. The summed E-state index contributed by atoms with van der Waals surface area (Å²) in [6.07, 6.45) is 3.71. The predicted octanol–water partition coefficient (Wildman–Crippen LogP) is 1.66. The number of benzene rings is 2. The second kappa shape index (κ2) is 12.5. The van der Waals surface area contributed by atoms with Crippen LogP contribution in [0.2, 0.25) is 0 Å². The molecule has 4 rings (SSSR count). The minimum atomic E-state index is -0.853. The van der Waals surface area contributed by atoms with Gasteiger partial charge in [0.05, 0.1) is 5.92 Å². The maximum atomic E-state index is 13.4. The van der Waals surface area contributed by atoms with Crippen molar-refractivity contribution in [3.05, 3.63) is 71.8 Å². The zero-order chi connectivity index (χ0) is 26.2. The van der Waals surface area contributed by atoms with Crippen molar-refractivity contribution in [3.63, 3.8) is 0 Å². The highest BCUT2D eigenvalue weighted by Crippen LogP contribution is 2.30. The van der Waals surface area contributed by atoms with Crippen LogP contribution in [0.5, 0.6) is 0 Å². The Morgan fingerprint density at radius 2 is 1.54 bits per heavy atom. The molecule has 3 amide bonds. The molecule has 9 heteroatoms. The zero-order valence-electron chi connectivity index (χ0n) is 21.3. The highest BCUT2D eigenvalue weighted by Gasteiger charge is 2.38. The first kappa shape index (κ1) is 26.3. The molecule has 2 aliphatic rings. The van der Waals surface area contributed by atoms with Crippen molar-refractivity contribution in [3.8, 4) is 0 Å². The van der Waals surface area contributed by atoms with Crippen molar-refractivity contribution in [1.29, 1.82) is 0 Å². The van der Waals surface area contributed by atoms with Gasteiger partial charge in [0.25, 0.3) is 5.91 Å². The Kier molecular flexibility index (Phi) is 8.90. The number of amides is 3. The van der Waals surface area contributed by atoms with E-state index in [1.807, 2.05) is 53.4 Å². The third-order valence-corrected chi connectivity index (χ3v) is 7.31. The first-order valence-electron chi connectivity index (χ1n) is 13.0. The number of primary amides is 1. The Balaban J connectivity index is 1.41. The second-order valence-corrected chi connectivity index (χ2v) is 9.59. The molecule has 4 N–H and O–H groups in total. The van der Waals surface area contributed by atoms with Gasteiger partial charge in [0, 0.05) is 44.8 Å². The number of rotatable bonds is 8. The standard InChI is InChI=1S/C28H36N6O3/c1-30-32-25(21-12-6-3-7-13-21)28(37)34-18-16-33(17-19-34)23-15-9-8-14-22(23)27(36)31-24(26(29)35)20-10-4-2-5-11-20/h2-7,10-13,22-24,30H,8-9,14-19H2,1H3,(H2,29,35)(H,31,36)/b32-25+/t22-,23-,24?/m1/s1. The van der Waals surface area contributed by atoms with E-state index in [0.717, 1.165) is 31.2 Å². The van der Waals surface area contributed by atoms with Crippen molar-refractivity contribution in [2.75, 3.05) is 33.2 Å². The SMILES string of the molecule is CN/N=C(/C(=O)N1CCN([C@@H]2CCCC[C@H]2C(=O)NC(C(N)=O)c2ccccc2)CC1)c1ccccc1. The molecule has 0 bridgehead atoms. The van der Waals surface area contributed by atoms with Gasteiger partial charge in [0.15, 0.2) is 5.71 Å². The lowest BCUT2D eigenvalue weighted by molar-refractivity contribution is -0.134. The molecule has 1 aliphatic heterocycles. The van der Waals surface area contributed by atoms with Crippen molar-refractivity contribution in [2.24, 2.45) is 16.8 Å². The number of carbonyl (C=O) groups is 3. The molecule has 0 spiro atoms. The molecular weight excluding hydrogens is 468 g/mol. The van der Waals surface area contributed by atoms with E-state index >= 15 is 0 Å². The van der Waals surface area contributed by atoms with Gasteiger partial charge in [-0.3, -0.25) is 19.3 Å². The van der Waals surface area contributed by atoms with Gasteiger partial charge in [-0.2, -0.15) is 5.10 Å². The summed E-state index contributed by atoms with van der Waals surface area (Å²) in [5.41, 5.74) is 10.2. The lowest BCUT2D eigenvalue weighted by atomic mass is 9.82. The molecule has 3 atom stereocenters. The lowest BCUT2D eigenvalue weighted by Crippen LogP contribution is -2.57. The van der Waals surface area contributed by atoms with E-state index < -0.39 is 11.9 Å². The van der Waals surface area contributed by atoms with E-state index in [1.165, 1.54) is 0 Å². The van der Waals surface area contributed by atoms with Crippen LogP contribution in [0.15, 0.2) is 65.8 Å². The summed E-state index contributed by atoms with van der Waals surface area (Å²) in [6.45, 7) is 2.49. The molecule has 2 aromatic rings. The van der Waals surface area contributed by atoms with E-state index in [-0.39, 0.29) is 23.8 Å². The second-order valence-electron chi connectivity index (χ2n) is 9.59. The van der Waals surface area contributed by atoms with Crippen LogP contribution in [0, 0.1) is 5.92 Å². The van der Waals surface area contributed by atoms with E-state index in [9.17, 15) is 14.4 Å². The zero-order valence-corrected chi connectivity index (χ0v) is 21.3.